The molecule has 0 aliphatic carbocycles. The zero-order valence-electron chi connectivity index (χ0n) is 20.8. The SMILES string of the molecule is CC[C@H](C)Oc1cc(N(C)C)ccc1C=Nn1c(-c2cc3ccccc3o2)nc2ccccc2c1=O. The lowest BCUT2D eigenvalue weighted by molar-refractivity contribution is 0.217. The molecule has 2 aromatic heterocycles. The number of hydrogen-bond donors (Lipinski definition) is 0. The van der Waals surface area contributed by atoms with Crippen molar-refractivity contribution in [3.8, 4) is 17.3 Å². The first-order valence-corrected chi connectivity index (χ1v) is 12.0. The topological polar surface area (TPSA) is 72.9 Å². The number of hydrogen-bond acceptors (Lipinski definition) is 6. The van der Waals surface area contributed by atoms with E-state index in [0.717, 1.165) is 23.1 Å². The zero-order chi connectivity index (χ0) is 25.2. The van der Waals surface area contributed by atoms with E-state index in [9.17, 15) is 4.79 Å². The fraction of sp³-hybridized carbons (Fsp3) is 0.207. The van der Waals surface area contributed by atoms with Crippen LogP contribution in [0.15, 0.2) is 87.1 Å². The monoisotopic (exact) mass is 480 g/mol. The maximum absolute atomic E-state index is 13.5. The van der Waals surface area contributed by atoms with Crippen LogP contribution in [-0.4, -0.2) is 36.1 Å². The van der Waals surface area contributed by atoms with Gasteiger partial charge in [-0.1, -0.05) is 37.3 Å². The van der Waals surface area contributed by atoms with Crippen LogP contribution in [0.25, 0.3) is 33.5 Å². The maximum atomic E-state index is 13.5. The summed E-state index contributed by atoms with van der Waals surface area (Å²) in [4.78, 5) is 20.3. The largest absolute Gasteiger partial charge is 0.490 e. The molecule has 0 aliphatic rings. The van der Waals surface area contributed by atoms with Gasteiger partial charge in [0.15, 0.2) is 5.76 Å². The predicted octanol–water partition coefficient (Wildman–Crippen LogP) is 5.94. The number of rotatable bonds is 7. The summed E-state index contributed by atoms with van der Waals surface area (Å²) in [6.07, 6.45) is 2.54. The van der Waals surface area contributed by atoms with Gasteiger partial charge in [0.1, 0.15) is 11.3 Å². The van der Waals surface area contributed by atoms with Gasteiger partial charge < -0.3 is 14.1 Å². The van der Waals surface area contributed by atoms with Crippen molar-refractivity contribution < 1.29 is 9.15 Å². The Morgan fingerprint density at radius 1 is 1.08 bits per heavy atom. The van der Waals surface area contributed by atoms with E-state index in [2.05, 4.69) is 12.0 Å². The van der Waals surface area contributed by atoms with Gasteiger partial charge >= 0.3 is 0 Å². The fourth-order valence-corrected chi connectivity index (χ4v) is 3.91. The average Bonchev–Trinajstić information content (AvgIpc) is 3.32. The highest BCUT2D eigenvalue weighted by Crippen LogP contribution is 2.28. The smallest absolute Gasteiger partial charge is 0.282 e. The molecule has 0 amide bonds. The van der Waals surface area contributed by atoms with E-state index >= 15 is 0 Å². The van der Waals surface area contributed by atoms with Gasteiger partial charge in [-0.2, -0.15) is 9.78 Å². The Bertz CT molecular complexity index is 1600. The highest BCUT2D eigenvalue weighted by molar-refractivity contribution is 5.86. The molecule has 36 heavy (non-hydrogen) atoms. The number of aromatic nitrogens is 2. The number of furan rings is 1. The van der Waals surface area contributed by atoms with Gasteiger partial charge in [0.2, 0.25) is 5.82 Å². The van der Waals surface area contributed by atoms with Crippen molar-refractivity contribution in [3.05, 3.63) is 88.7 Å². The van der Waals surface area contributed by atoms with Crippen LogP contribution in [-0.2, 0) is 0 Å². The lowest BCUT2D eigenvalue weighted by Gasteiger charge is -2.18. The van der Waals surface area contributed by atoms with Crippen LogP contribution in [0.4, 0.5) is 5.69 Å². The van der Waals surface area contributed by atoms with Gasteiger partial charge in [0, 0.05) is 36.8 Å². The molecule has 3 aromatic carbocycles. The summed E-state index contributed by atoms with van der Waals surface area (Å²) >= 11 is 0. The minimum atomic E-state index is -0.276. The minimum absolute atomic E-state index is 0.0331. The summed E-state index contributed by atoms with van der Waals surface area (Å²) < 4.78 is 13.5. The first-order chi connectivity index (χ1) is 17.4. The molecule has 0 radical (unpaired) electrons. The first-order valence-electron chi connectivity index (χ1n) is 12.0. The Hall–Kier alpha value is -4.39. The molecule has 7 nitrogen and oxygen atoms in total. The molecule has 182 valence electrons. The summed E-state index contributed by atoms with van der Waals surface area (Å²) in [5.41, 5.74) is 2.80. The van der Waals surface area contributed by atoms with Gasteiger partial charge in [-0.15, -0.1) is 0 Å². The Morgan fingerprint density at radius 2 is 1.86 bits per heavy atom. The van der Waals surface area contributed by atoms with Crippen LogP contribution >= 0.6 is 0 Å². The summed E-state index contributed by atoms with van der Waals surface area (Å²) in [5.74, 6) is 1.50. The van der Waals surface area contributed by atoms with Gasteiger partial charge in [0.25, 0.3) is 5.56 Å². The summed E-state index contributed by atoms with van der Waals surface area (Å²) in [6.45, 7) is 4.11. The molecule has 0 N–H and O–H groups in total. The van der Waals surface area contributed by atoms with E-state index in [0.29, 0.717) is 33.8 Å². The number of ether oxygens (including phenoxy) is 1. The van der Waals surface area contributed by atoms with Crippen molar-refractivity contribution in [2.75, 3.05) is 19.0 Å². The van der Waals surface area contributed by atoms with Gasteiger partial charge in [-0.3, -0.25) is 4.79 Å². The number of nitrogens with zero attached hydrogens (tertiary/aromatic N) is 4. The van der Waals surface area contributed by atoms with Gasteiger partial charge in [0.05, 0.1) is 23.2 Å². The zero-order valence-corrected chi connectivity index (χ0v) is 20.8. The molecule has 7 heteroatoms. The molecule has 0 saturated carbocycles. The van der Waals surface area contributed by atoms with Crippen molar-refractivity contribution in [2.24, 2.45) is 5.10 Å². The average molecular weight is 481 g/mol. The van der Waals surface area contributed by atoms with Gasteiger partial charge in [-0.05, 0) is 49.7 Å². The molecule has 5 rings (SSSR count). The van der Waals surface area contributed by atoms with Crippen LogP contribution in [0.5, 0.6) is 5.75 Å². The minimum Gasteiger partial charge on any atom is -0.490 e. The van der Waals surface area contributed by atoms with Crippen molar-refractivity contribution in [1.82, 2.24) is 9.66 Å². The van der Waals surface area contributed by atoms with Crippen LogP contribution in [0.1, 0.15) is 25.8 Å². The van der Waals surface area contributed by atoms with Gasteiger partial charge in [-0.25, -0.2) is 4.98 Å². The van der Waals surface area contributed by atoms with Crippen LogP contribution in [0.2, 0.25) is 0 Å². The standard InChI is InChI=1S/C29H28N4O3/c1-5-19(2)35-26-17-22(32(3)4)15-14-21(26)18-30-33-28(27-16-20-10-6-9-13-25(20)36-27)31-24-12-8-7-11-23(24)29(33)34/h6-19H,5H2,1-4H3/t19-/m0/s1. The van der Waals surface area contributed by atoms with Crippen molar-refractivity contribution >= 4 is 33.8 Å². The molecule has 0 fully saturated rings. The van der Waals surface area contributed by atoms with Crippen LogP contribution < -0.4 is 15.2 Å². The molecular weight excluding hydrogens is 452 g/mol. The van der Waals surface area contributed by atoms with E-state index in [4.69, 9.17) is 14.1 Å². The summed E-state index contributed by atoms with van der Waals surface area (Å²) in [7, 11) is 3.96. The summed E-state index contributed by atoms with van der Waals surface area (Å²) in [5, 5.41) is 6.01. The number of anilines is 1. The normalized spacial score (nSPS) is 12.4. The third-order valence-electron chi connectivity index (χ3n) is 6.13. The maximum Gasteiger partial charge on any atom is 0.282 e. The van der Waals surface area contributed by atoms with E-state index in [1.807, 2.05) is 92.6 Å². The fourth-order valence-electron chi connectivity index (χ4n) is 3.91. The molecule has 0 bridgehead atoms. The molecule has 2 heterocycles. The Balaban J connectivity index is 1.67. The predicted molar refractivity (Wildman–Crippen MR) is 145 cm³/mol. The number of para-hydroxylation sites is 2. The Morgan fingerprint density at radius 3 is 2.64 bits per heavy atom. The number of fused-ring (bicyclic) bond motifs is 2. The second kappa shape index (κ2) is 9.70. The van der Waals surface area contributed by atoms with E-state index in [-0.39, 0.29) is 11.7 Å². The lowest BCUT2D eigenvalue weighted by Crippen LogP contribution is -2.20. The van der Waals surface area contributed by atoms with Crippen molar-refractivity contribution in [3.63, 3.8) is 0 Å². The molecule has 0 saturated heterocycles. The van der Waals surface area contributed by atoms with E-state index in [1.54, 1.807) is 12.3 Å². The highest BCUT2D eigenvalue weighted by Gasteiger charge is 2.17. The van der Waals surface area contributed by atoms with Crippen LogP contribution in [0, 0.1) is 0 Å². The van der Waals surface area contributed by atoms with E-state index in [1.165, 1.54) is 4.68 Å². The molecule has 5 aromatic rings. The molecule has 1 atom stereocenters. The molecule has 0 aliphatic heterocycles. The third-order valence-corrected chi connectivity index (χ3v) is 6.13. The number of benzene rings is 3. The third kappa shape index (κ3) is 4.47. The van der Waals surface area contributed by atoms with Crippen LogP contribution in [0.3, 0.4) is 0 Å². The molecule has 0 spiro atoms. The summed E-state index contributed by atoms with van der Waals surface area (Å²) in [6, 6.07) is 22.7. The van der Waals surface area contributed by atoms with Crippen molar-refractivity contribution in [1.29, 1.82) is 0 Å². The molecular formula is C29H28N4O3. The Kier molecular flexibility index (Phi) is 6.29. The Labute approximate surface area is 209 Å². The second-order valence-corrected chi connectivity index (χ2v) is 8.92. The van der Waals surface area contributed by atoms with E-state index < -0.39 is 0 Å². The first kappa shape index (κ1) is 23.4. The van der Waals surface area contributed by atoms with Crippen molar-refractivity contribution in [2.45, 2.75) is 26.4 Å². The second-order valence-electron chi connectivity index (χ2n) is 8.92. The highest BCUT2D eigenvalue weighted by atomic mass is 16.5. The lowest BCUT2D eigenvalue weighted by atomic mass is 10.2. The quantitative estimate of drug-likeness (QED) is 0.270. The molecule has 0 unspecified atom stereocenters.